The summed E-state index contributed by atoms with van der Waals surface area (Å²) in [7, 11) is 6.12. The van der Waals surface area contributed by atoms with Gasteiger partial charge in [0, 0.05) is 25.3 Å². The molecular formula is C14H23ClN2O5. The van der Waals surface area contributed by atoms with Crippen molar-refractivity contribution < 1.29 is 23.7 Å². The van der Waals surface area contributed by atoms with Gasteiger partial charge in [-0.15, -0.1) is 12.4 Å². The van der Waals surface area contributed by atoms with Gasteiger partial charge in [-0.25, -0.2) is 0 Å². The first-order valence-electron chi connectivity index (χ1n) is 6.38. The molecule has 0 bridgehead atoms. The second-order valence-corrected chi connectivity index (χ2v) is 4.30. The molecule has 1 rings (SSSR count). The molecule has 1 unspecified atom stereocenters. The van der Waals surface area contributed by atoms with Crippen LogP contribution in [0.3, 0.4) is 0 Å². The maximum atomic E-state index is 11.8. The van der Waals surface area contributed by atoms with Crippen LogP contribution < -0.4 is 25.3 Å². The minimum Gasteiger partial charge on any atom is -0.496 e. The molecule has 0 aliphatic heterocycles. The lowest BCUT2D eigenvalue weighted by Gasteiger charge is -2.16. The summed E-state index contributed by atoms with van der Waals surface area (Å²) in [5.74, 6) is 1.41. The van der Waals surface area contributed by atoms with Gasteiger partial charge in [-0.05, 0) is 6.07 Å². The summed E-state index contributed by atoms with van der Waals surface area (Å²) in [4.78, 5) is 11.8. The molecule has 8 heteroatoms. The standard InChI is InChI=1S/C14H22N2O5.ClH/c1-18-8-10(15)14(17)16-7-9-5-12(20-3)13(21-4)6-11(9)19-2;/h5-6,10H,7-8,15H2,1-4H3,(H,16,17);1H. The summed E-state index contributed by atoms with van der Waals surface area (Å²) >= 11 is 0. The van der Waals surface area contributed by atoms with Gasteiger partial charge in [-0.1, -0.05) is 0 Å². The highest BCUT2D eigenvalue weighted by molar-refractivity contribution is 5.85. The zero-order chi connectivity index (χ0) is 15.8. The van der Waals surface area contributed by atoms with Crippen molar-refractivity contribution in [2.24, 2.45) is 5.73 Å². The zero-order valence-electron chi connectivity index (χ0n) is 13.2. The van der Waals surface area contributed by atoms with Crippen LogP contribution >= 0.6 is 12.4 Å². The predicted molar refractivity (Wildman–Crippen MR) is 85.0 cm³/mol. The van der Waals surface area contributed by atoms with Gasteiger partial charge in [0.2, 0.25) is 5.91 Å². The number of hydrogen-bond acceptors (Lipinski definition) is 6. The van der Waals surface area contributed by atoms with Gasteiger partial charge in [-0.2, -0.15) is 0 Å². The van der Waals surface area contributed by atoms with Crippen LogP contribution in [0.15, 0.2) is 12.1 Å². The minimum absolute atomic E-state index is 0. The molecule has 126 valence electrons. The van der Waals surface area contributed by atoms with Crippen molar-refractivity contribution in [1.29, 1.82) is 0 Å². The number of hydrogen-bond donors (Lipinski definition) is 2. The Balaban J connectivity index is 0.00000441. The number of methoxy groups -OCH3 is 4. The molecule has 1 atom stereocenters. The Morgan fingerprint density at radius 3 is 2.14 bits per heavy atom. The van der Waals surface area contributed by atoms with E-state index in [9.17, 15) is 4.79 Å². The second-order valence-electron chi connectivity index (χ2n) is 4.30. The Bertz CT molecular complexity index is 485. The smallest absolute Gasteiger partial charge is 0.239 e. The third kappa shape index (κ3) is 5.25. The molecule has 7 nitrogen and oxygen atoms in total. The number of benzene rings is 1. The normalized spacial score (nSPS) is 11.1. The summed E-state index contributed by atoms with van der Waals surface area (Å²) in [6, 6.07) is 2.75. The quantitative estimate of drug-likeness (QED) is 0.728. The van der Waals surface area contributed by atoms with Gasteiger partial charge in [0.05, 0.1) is 27.9 Å². The molecule has 1 amide bonds. The molecule has 1 aromatic rings. The fourth-order valence-electron chi connectivity index (χ4n) is 1.80. The molecule has 0 spiro atoms. The van der Waals surface area contributed by atoms with Crippen LogP contribution in [0, 0.1) is 0 Å². The first kappa shape index (κ1) is 20.3. The van der Waals surface area contributed by atoms with Gasteiger partial charge in [0.1, 0.15) is 11.8 Å². The topological polar surface area (TPSA) is 92.0 Å². The molecule has 22 heavy (non-hydrogen) atoms. The van der Waals surface area contributed by atoms with E-state index in [1.165, 1.54) is 7.11 Å². The number of amides is 1. The monoisotopic (exact) mass is 334 g/mol. The summed E-state index contributed by atoms with van der Waals surface area (Å²) in [6.07, 6.45) is 0. The van der Waals surface area contributed by atoms with Gasteiger partial charge in [0.15, 0.2) is 11.5 Å². The summed E-state index contributed by atoms with van der Waals surface area (Å²) in [5.41, 5.74) is 6.41. The SMILES string of the molecule is COCC(N)C(=O)NCc1cc(OC)c(OC)cc1OC.Cl. The Morgan fingerprint density at radius 2 is 1.64 bits per heavy atom. The third-order valence-corrected chi connectivity index (χ3v) is 2.92. The number of carbonyl (C=O) groups is 1. The average Bonchev–Trinajstić information content (AvgIpc) is 2.51. The molecule has 0 radical (unpaired) electrons. The first-order chi connectivity index (χ1) is 10.1. The lowest BCUT2D eigenvalue weighted by atomic mass is 10.1. The van der Waals surface area contributed by atoms with Crippen LogP contribution in [0.5, 0.6) is 17.2 Å². The van der Waals surface area contributed by atoms with Crippen molar-refractivity contribution in [2.45, 2.75) is 12.6 Å². The number of rotatable bonds is 8. The highest BCUT2D eigenvalue weighted by atomic mass is 35.5. The van der Waals surface area contributed by atoms with Crippen LogP contribution in [0.25, 0.3) is 0 Å². The molecule has 1 aromatic carbocycles. The van der Waals surface area contributed by atoms with Gasteiger partial charge >= 0.3 is 0 Å². The first-order valence-corrected chi connectivity index (χ1v) is 6.38. The van der Waals surface area contributed by atoms with Gasteiger partial charge in [-0.3, -0.25) is 4.79 Å². The molecule has 0 aromatic heterocycles. The fourth-order valence-corrected chi connectivity index (χ4v) is 1.80. The van der Waals surface area contributed by atoms with E-state index in [2.05, 4.69) is 5.32 Å². The number of halogens is 1. The molecule has 3 N–H and O–H groups in total. The van der Waals surface area contributed by atoms with Crippen molar-refractivity contribution in [1.82, 2.24) is 5.32 Å². The largest absolute Gasteiger partial charge is 0.496 e. The van der Waals surface area contributed by atoms with Gasteiger partial charge < -0.3 is 30.0 Å². The fraction of sp³-hybridized carbons (Fsp3) is 0.500. The van der Waals surface area contributed by atoms with E-state index < -0.39 is 6.04 Å². The molecule has 0 heterocycles. The highest BCUT2D eigenvalue weighted by Crippen LogP contribution is 2.34. The maximum absolute atomic E-state index is 11.8. The Kier molecular flexibility index (Phi) is 9.32. The van der Waals surface area contributed by atoms with Crippen LogP contribution in [-0.4, -0.2) is 47.0 Å². The minimum atomic E-state index is -0.707. The van der Waals surface area contributed by atoms with E-state index in [0.29, 0.717) is 17.2 Å². The molecule has 0 saturated heterocycles. The molecule has 0 aliphatic carbocycles. The van der Waals surface area contributed by atoms with Crippen LogP contribution in [0.2, 0.25) is 0 Å². The van der Waals surface area contributed by atoms with Crippen molar-refractivity contribution >= 4 is 18.3 Å². The third-order valence-electron chi connectivity index (χ3n) is 2.92. The Labute approximate surface area is 136 Å². The van der Waals surface area contributed by atoms with E-state index >= 15 is 0 Å². The number of ether oxygens (including phenoxy) is 4. The van der Waals surface area contributed by atoms with Crippen LogP contribution in [-0.2, 0) is 16.1 Å². The van der Waals surface area contributed by atoms with E-state index in [-0.39, 0.29) is 31.5 Å². The van der Waals surface area contributed by atoms with E-state index in [1.807, 2.05) is 0 Å². The van der Waals surface area contributed by atoms with Crippen molar-refractivity contribution in [3.05, 3.63) is 17.7 Å². The molecule has 0 saturated carbocycles. The average molecular weight is 335 g/mol. The summed E-state index contributed by atoms with van der Waals surface area (Å²) in [5, 5.41) is 2.73. The van der Waals surface area contributed by atoms with Crippen molar-refractivity contribution in [3.8, 4) is 17.2 Å². The predicted octanol–water partition coefficient (Wildman–Crippen LogP) is 0.724. The van der Waals surface area contributed by atoms with E-state index in [1.54, 1.807) is 33.5 Å². The summed E-state index contributed by atoms with van der Waals surface area (Å²) < 4.78 is 20.6. The Hall–Kier alpha value is -1.70. The molecule has 0 fully saturated rings. The lowest BCUT2D eigenvalue weighted by Crippen LogP contribution is -2.43. The summed E-state index contributed by atoms with van der Waals surface area (Å²) in [6.45, 7) is 0.425. The lowest BCUT2D eigenvalue weighted by molar-refractivity contribution is -0.123. The number of nitrogens with two attached hydrogens (primary N) is 1. The second kappa shape index (κ2) is 10.1. The van der Waals surface area contributed by atoms with Crippen LogP contribution in [0.4, 0.5) is 0 Å². The van der Waals surface area contributed by atoms with Crippen molar-refractivity contribution in [2.75, 3.05) is 35.0 Å². The van der Waals surface area contributed by atoms with E-state index in [0.717, 1.165) is 5.56 Å². The van der Waals surface area contributed by atoms with Crippen molar-refractivity contribution in [3.63, 3.8) is 0 Å². The number of carbonyl (C=O) groups excluding carboxylic acids is 1. The molecule has 0 aliphatic rings. The Morgan fingerprint density at radius 1 is 1.09 bits per heavy atom. The van der Waals surface area contributed by atoms with E-state index in [4.69, 9.17) is 24.7 Å². The number of nitrogens with one attached hydrogen (secondary N) is 1. The van der Waals surface area contributed by atoms with Gasteiger partial charge in [0.25, 0.3) is 0 Å². The molecular weight excluding hydrogens is 312 g/mol. The highest BCUT2D eigenvalue weighted by Gasteiger charge is 2.15. The zero-order valence-corrected chi connectivity index (χ0v) is 14.0. The maximum Gasteiger partial charge on any atom is 0.239 e. The van der Waals surface area contributed by atoms with Crippen LogP contribution in [0.1, 0.15) is 5.56 Å².